The van der Waals surface area contributed by atoms with E-state index in [1.165, 1.54) is 4.68 Å². The minimum Gasteiger partial charge on any atom is -0.448 e. The van der Waals surface area contributed by atoms with Gasteiger partial charge in [0.05, 0.1) is 23.6 Å². The van der Waals surface area contributed by atoms with Crippen LogP contribution in [-0.4, -0.2) is 58.0 Å². The molecule has 4 aromatic heterocycles. The third-order valence-corrected chi connectivity index (χ3v) is 6.52. The summed E-state index contributed by atoms with van der Waals surface area (Å²) < 4.78 is 8.74. The van der Waals surface area contributed by atoms with Gasteiger partial charge in [-0.15, -0.1) is 0 Å². The molecule has 36 heavy (non-hydrogen) atoms. The Morgan fingerprint density at radius 3 is 2.67 bits per heavy atom. The molecule has 0 radical (unpaired) electrons. The molecule has 11 nitrogen and oxygen atoms in total. The summed E-state index contributed by atoms with van der Waals surface area (Å²) in [6.07, 6.45) is 7.01. The van der Waals surface area contributed by atoms with Crippen LogP contribution in [0.3, 0.4) is 0 Å². The SMILES string of the molecule is CCOC(=O)n1nc(C(C)C)c2c1CCC(Nc1ncnc3c1nc(-c1cnc(C)nc1)n3CC)C2. The quantitative estimate of drug-likeness (QED) is 0.429. The minimum absolute atomic E-state index is 0.117. The zero-order valence-electron chi connectivity index (χ0n) is 21.3. The van der Waals surface area contributed by atoms with Gasteiger partial charge in [-0.2, -0.15) is 9.78 Å². The van der Waals surface area contributed by atoms with Gasteiger partial charge in [-0.05, 0) is 51.5 Å². The standard InChI is InChI=1S/C25H31N9O2/c1-6-33-23(16-11-26-15(5)27-12-16)31-21-22(28-13-29-24(21)33)30-17-8-9-19-18(10-17)20(14(3)4)32-34(19)25(35)36-7-2/h11-14,17H,6-10H2,1-5H3,(H,28,29,30). The Kier molecular flexibility index (Phi) is 6.38. The largest absolute Gasteiger partial charge is 0.448 e. The van der Waals surface area contributed by atoms with Gasteiger partial charge in [0, 0.05) is 25.0 Å². The zero-order chi connectivity index (χ0) is 25.4. The summed E-state index contributed by atoms with van der Waals surface area (Å²) in [5.74, 6) is 2.36. The molecule has 0 amide bonds. The van der Waals surface area contributed by atoms with Crippen LogP contribution in [0.5, 0.6) is 0 Å². The molecule has 0 aliphatic heterocycles. The summed E-state index contributed by atoms with van der Waals surface area (Å²) in [4.78, 5) is 35.1. The number of aromatic nitrogens is 8. The summed E-state index contributed by atoms with van der Waals surface area (Å²) in [7, 11) is 0. The van der Waals surface area contributed by atoms with E-state index in [0.29, 0.717) is 30.3 Å². The molecule has 0 bridgehead atoms. The van der Waals surface area contributed by atoms with Crippen LogP contribution in [0.2, 0.25) is 0 Å². The minimum atomic E-state index is -0.415. The number of hydrogen-bond donors (Lipinski definition) is 1. The van der Waals surface area contributed by atoms with Crippen LogP contribution in [0.1, 0.15) is 62.8 Å². The van der Waals surface area contributed by atoms with Gasteiger partial charge in [0.15, 0.2) is 17.0 Å². The average molecular weight is 490 g/mol. The topological polar surface area (TPSA) is 126 Å². The van der Waals surface area contributed by atoms with Gasteiger partial charge < -0.3 is 14.6 Å². The number of fused-ring (bicyclic) bond motifs is 2. The van der Waals surface area contributed by atoms with E-state index in [0.717, 1.165) is 53.2 Å². The molecule has 0 aromatic carbocycles. The molecule has 1 atom stereocenters. The molecule has 1 unspecified atom stereocenters. The van der Waals surface area contributed by atoms with Gasteiger partial charge in [0.1, 0.15) is 18.0 Å². The number of carbonyl (C=O) groups excluding carboxylic acids is 1. The lowest BCUT2D eigenvalue weighted by atomic mass is 9.89. The summed E-state index contributed by atoms with van der Waals surface area (Å²) in [6.45, 7) is 10.9. The summed E-state index contributed by atoms with van der Waals surface area (Å²) in [5, 5.41) is 8.24. The lowest BCUT2D eigenvalue weighted by Gasteiger charge is -2.25. The Bertz CT molecular complexity index is 1410. The number of ether oxygens (including phenoxy) is 1. The van der Waals surface area contributed by atoms with Crippen molar-refractivity contribution in [2.75, 3.05) is 11.9 Å². The van der Waals surface area contributed by atoms with Gasteiger partial charge in [0.25, 0.3) is 0 Å². The van der Waals surface area contributed by atoms with E-state index in [-0.39, 0.29) is 12.0 Å². The molecule has 0 fully saturated rings. The molecule has 4 aromatic rings. The molecule has 1 aliphatic carbocycles. The maximum atomic E-state index is 12.5. The second kappa shape index (κ2) is 9.63. The van der Waals surface area contributed by atoms with E-state index < -0.39 is 6.09 Å². The number of aryl methyl sites for hydroxylation is 2. The van der Waals surface area contributed by atoms with Gasteiger partial charge in [-0.3, -0.25) is 0 Å². The number of imidazole rings is 1. The molecule has 5 rings (SSSR count). The molecule has 0 spiro atoms. The second-order valence-electron chi connectivity index (χ2n) is 9.25. The molecular formula is C25H31N9O2. The van der Waals surface area contributed by atoms with Crippen molar-refractivity contribution < 1.29 is 9.53 Å². The molecular weight excluding hydrogens is 458 g/mol. The van der Waals surface area contributed by atoms with Gasteiger partial charge in [0.2, 0.25) is 0 Å². The lowest BCUT2D eigenvalue weighted by molar-refractivity contribution is 0.149. The molecule has 0 saturated carbocycles. The monoisotopic (exact) mass is 489 g/mol. The fourth-order valence-corrected chi connectivity index (χ4v) is 4.83. The van der Waals surface area contributed by atoms with Gasteiger partial charge in [-0.25, -0.2) is 29.7 Å². The first-order valence-corrected chi connectivity index (χ1v) is 12.5. The summed E-state index contributed by atoms with van der Waals surface area (Å²) >= 11 is 0. The predicted molar refractivity (Wildman–Crippen MR) is 135 cm³/mol. The molecule has 188 valence electrons. The highest BCUT2D eigenvalue weighted by atomic mass is 16.5. The maximum absolute atomic E-state index is 12.5. The smallest absolute Gasteiger partial charge is 0.434 e. The predicted octanol–water partition coefficient (Wildman–Crippen LogP) is 3.91. The lowest BCUT2D eigenvalue weighted by Crippen LogP contribution is -2.30. The first kappa shape index (κ1) is 23.8. The zero-order valence-corrected chi connectivity index (χ0v) is 21.3. The Balaban J connectivity index is 1.47. The maximum Gasteiger partial charge on any atom is 0.434 e. The van der Waals surface area contributed by atoms with Crippen molar-refractivity contribution in [2.45, 2.75) is 72.4 Å². The van der Waals surface area contributed by atoms with Crippen LogP contribution in [0.15, 0.2) is 18.7 Å². The first-order chi connectivity index (χ1) is 17.4. The normalized spacial score (nSPS) is 15.3. The van der Waals surface area contributed by atoms with Gasteiger partial charge >= 0.3 is 6.09 Å². The number of anilines is 1. The molecule has 1 N–H and O–H groups in total. The fourth-order valence-electron chi connectivity index (χ4n) is 4.83. The number of nitrogens with one attached hydrogen (secondary N) is 1. The molecule has 1 aliphatic rings. The van der Waals surface area contributed by atoms with Crippen LogP contribution in [-0.2, 0) is 24.1 Å². The van der Waals surface area contributed by atoms with Crippen LogP contribution < -0.4 is 5.32 Å². The van der Waals surface area contributed by atoms with Crippen LogP contribution in [0.25, 0.3) is 22.6 Å². The van der Waals surface area contributed by atoms with Crippen LogP contribution in [0.4, 0.5) is 10.6 Å². The Morgan fingerprint density at radius 1 is 1.19 bits per heavy atom. The fraction of sp³-hybridized carbons (Fsp3) is 0.480. The average Bonchev–Trinajstić information content (AvgIpc) is 3.44. The third kappa shape index (κ3) is 4.18. The van der Waals surface area contributed by atoms with Crippen molar-refractivity contribution in [1.82, 2.24) is 39.3 Å². The second-order valence-corrected chi connectivity index (χ2v) is 9.25. The highest BCUT2D eigenvalue weighted by Crippen LogP contribution is 2.32. The molecule has 11 heteroatoms. The van der Waals surface area contributed by atoms with Crippen LogP contribution in [0, 0.1) is 6.92 Å². The van der Waals surface area contributed by atoms with Crippen molar-refractivity contribution in [3.05, 3.63) is 41.5 Å². The molecule has 0 saturated heterocycles. The van der Waals surface area contributed by atoms with E-state index in [2.05, 4.69) is 55.7 Å². The van der Waals surface area contributed by atoms with Crippen molar-refractivity contribution in [3.63, 3.8) is 0 Å². The summed E-state index contributed by atoms with van der Waals surface area (Å²) in [5.41, 5.74) is 5.31. The third-order valence-electron chi connectivity index (χ3n) is 6.52. The highest BCUT2D eigenvalue weighted by molar-refractivity contribution is 5.86. The summed E-state index contributed by atoms with van der Waals surface area (Å²) in [6, 6.07) is 0.117. The number of carbonyl (C=O) groups is 1. The van der Waals surface area contributed by atoms with Crippen molar-refractivity contribution in [3.8, 4) is 11.4 Å². The van der Waals surface area contributed by atoms with Crippen molar-refractivity contribution in [2.24, 2.45) is 0 Å². The van der Waals surface area contributed by atoms with Crippen molar-refractivity contribution in [1.29, 1.82) is 0 Å². The van der Waals surface area contributed by atoms with Gasteiger partial charge in [-0.1, -0.05) is 13.8 Å². The van der Waals surface area contributed by atoms with E-state index in [4.69, 9.17) is 9.72 Å². The van der Waals surface area contributed by atoms with E-state index >= 15 is 0 Å². The van der Waals surface area contributed by atoms with Crippen molar-refractivity contribution >= 4 is 23.1 Å². The highest BCUT2D eigenvalue weighted by Gasteiger charge is 2.30. The number of rotatable bonds is 6. The molecule has 4 heterocycles. The van der Waals surface area contributed by atoms with Crippen LogP contribution >= 0.6 is 0 Å². The Hall–Kier alpha value is -3.89. The van der Waals surface area contributed by atoms with E-state index in [1.807, 2.05) is 6.92 Å². The first-order valence-electron chi connectivity index (χ1n) is 12.5. The number of hydrogen-bond acceptors (Lipinski definition) is 9. The van der Waals surface area contributed by atoms with E-state index in [1.54, 1.807) is 25.6 Å². The Morgan fingerprint density at radius 2 is 1.97 bits per heavy atom. The Labute approximate surface area is 209 Å². The van der Waals surface area contributed by atoms with E-state index in [9.17, 15) is 4.79 Å². The number of nitrogens with zero attached hydrogens (tertiary/aromatic N) is 8.